The van der Waals surface area contributed by atoms with Crippen LogP contribution < -0.4 is 5.32 Å². The fraction of sp³-hybridized carbons (Fsp3) is 0.556. The number of benzene rings is 1. The van der Waals surface area contributed by atoms with Gasteiger partial charge >= 0.3 is 6.09 Å². The first-order valence-electron chi connectivity index (χ1n) is 8.92. The van der Waals surface area contributed by atoms with Crippen molar-refractivity contribution in [1.29, 1.82) is 0 Å². The first kappa shape index (κ1) is 18.5. The minimum atomic E-state index is -0.625. The Morgan fingerprint density at radius 2 is 1.96 bits per heavy atom. The van der Waals surface area contributed by atoms with Crippen molar-refractivity contribution in [2.45, 2.75) is 19.0 Å². The maximum atomic E-state index is 12.4. The molecule has 2 N–H and O–H groups in total. The Balaban J connectivity index is 1.45. The molecule has 2 aliphatic rings. The van der Waals surface area contributed by atoms with Gasteiger partial charge < -0.3 is 19.9 Å². The van der Waals surface area contributed by atoms with Crippen LogP contribution in [0.1, 0.15) is 12.0 Å². The van der Waals surface area contributed by atoms with Crippen LogP contribution in [-0.4, -0.2) is 78.9 Å². The molecule has 0 aliphatic carbocycles. The minimum absolute atomic E-state index is 0.0617. The van der Waals surface area contributed by atoms with Crippen LogP contribution in [-0.2, 0) is 20.8 Å². The molecule has 1 atom stereocenters. The molecule has 1 aromatic carbocycles. The molecule has 2 amide bonds. The van der Waals surface area contributed by atoms with E-state index in [0.29, 0.717) is 6.54 Å². The number of nitrogens with one attached hydrogen (secondary N) is 1. The van der Waals surface area contributed by atoms with E-state index < -0.39 is 12.1 Å². The number of aromatic hydroxyl groups is 1. The van der Waals surface area contributed by atoms with Crippen LogP contribution >= 0.6 is 0 Å². The fourth-order valence-electron chi connectivity index (χ4n) is 3.10. The molecule has 142 valence electrons. The summed E-state index contributed by atoms with van der Waals surface area (Å²) in [5, 5.41) is 12.2. The van der Waals surface area contributed by atoms with E-state index in [4.69, 9.17) is 9.47 Å². The lowest BCUT2D eigenvalue weighted by Gasteiger charge is -2.26. The molecule has 3 rings (SSSR count). The van der Waals surface area contributed by atoms with Crippen LogP contribution in [0.15, 0.2) is 24.3 Å². The van der Waals surface area contributed by atoms with Crippen LogP contribution in [0, 0.1) is 0 Å². The highest BCUT2D eigenvalue weighted by Gasteiger charge is 2.37. The van der Waals surface area contributed by atoms with Gasteiger partial charge in [0.15, 0.2) is 0 Å². The number of morpholine rings is 1. The molecule has 2 fully saturated rings. The predicted octanol–water partition coefficient (Wildman–Crippen LogP) is 0.552. The third-order valence-corrected chi connectivity index (χ3v) is 4.62. The van der Waals surface area contributed by atoms with E-state index in [9.17, 15) is 14.7 Å². The zero-order chi connectivity index (χ0) is 18.4. The molecule has 1 aromatic rings. The lowest BCUT2D eigenvalue weighted by Crippen LogP contribution is -2.46. The largest absolute Gasteiger partial charge is 0.508 e. The molecule has 8 nitrogen and oxygen atoms in total. The lowest BCUT2D eigenvalue weighted by atomic mass is 10.1. The van der Waals surface area contributed by atoms with Crippen LogP contribution in [0.4, 0.5) is 4.79 Å². The number of cyclic esters (lactones) is 1. The number of nitrogens with zero attached hydrogens (tertiary/aromatic N) is 2. The van der Waals surface area contributed by atoms with Gasteiger partial charge in [-0.1, -0.05) is 12.1 Å². The molecule has 2 heterocycles. The van der Waals surface area contributed by atoms with E-state index in [-0.39, 0.29) is 24.8 Å². The second kappa shape index (κ2) is 8.86. The van der Waals surface area contributed by atoms with Crippen molar-refractivity contribution in [2.24, 2.45) is 0 Å². The number of hydrogen-bond donors (Lipinski definition) is 2. The molecule has 0 unspecified atom stereocenters. The summed E-state index contributed by atoms with van der Waals surface area (Å²) in [6.07, 6.45) is 0.358. The molecule has 0 saturated carbocycles. The van der Waals surface area contributed by atoms with Gasteiger partial charge in [0, 0.05) is 19.6 Å². The van der Waals surface area contributed by atoms with E-state index >= 15 is 0 Å². The second-order valence-corrected chi connectivity index (χ2v) is 6.49. The maximum absolute atomic E-state index is 12.4. The van der Waals surface area contributed by atoms with Crippen molar-refractivity contribution in [3.05, 3.63) is 29.8 Å². The van der Waals surface area contributed by atoms with Crippen molar-refractivity contribution in [1.82, 2.24) is 15.1 Å². The van der Waals surface area contributed by atoms with Gasteiger partial charge in [0.2, 0.25) is 5.91 Å². The summed E-state index contributed by atoms with van der Waals surface area (Å²) in [5.41, 5.74) is 0.826. The third-order valence-electron chi connectivity index (χ3n) is 4.62. The first-order valence-corrected chi connectivity index (χ1v) is 8.92. The first-order chi connectivity index (χ1) is 12.6. The van der Waals surface area contributed by atoms with Crippen LogP contribution in [0.2, 0.25) is 0 Å². The molecule has 0 spiro atoms. The number of phenols is 1. The Hall–Kier alpha value is -2.32. The van der Waals surface area contributed by atoms with Crippen molar-refractivity contribution in [3.63, 3.8) is 0 Å². The molecule has 0 radical (unpaired) electrons. The Morgan fingerprint density at radius 1 is 1.23 bits per heavy atom. The van der Waals surface area contributed by atoms with Gasteiger partial charge in [-0.05, 0) is 30.7 Å². The summed E-state index contributed by atoms with van der Waals surface area (Å²) in [6.45, 7) is 5.20. The van der Waals surface area contributed by atoms with Gasteiger partial charge in [-0.3, -0.25) is 14.6 Å². The molecule has 8 heteroatoms. The molecular formula is C18H25N3O5. The van der Waals surface area contributed by atoms with Gasteiger partial charge in [0.25, 0.3) is 0 Å². The summed E-state index contributed by atoms with van der Waals surface area (Å²) >= 11 is 0. The molecular weight excluding hydrogens is 338 g/mol. The zero-order valence-electron chi connectivity index (χ0n) is 14.7. The number of hydrogen-bond acceptors (Lipinski definition) is 6. The monoisotopic (exact) mass is 363 g/mol. The van der Waals surface area contributed by atoms with Crippen molar-refractivity contribution < 1.29 is 24.2 Å². The SMILES string of the molecule is O=C(NCCCN1CCOCC1)[C@@H]1COC(=O)N1Cc1ccc(O)cc1. The number of phenolic OH excluding ortho intramolecular Hbond substituents is 1. The van der Waals surface area contributed by atoms with Crippen LogP contribution in [0.3, 0.4) is 0 Å². The van der Waals surface area contributed by atoms with Gasteiger partial charge in [-0.25, -0.2) is 4.79 Å². The third kappa shape index (κ3) is 4.86. The molecule has 0 bridgehead atoms. The smallest absolute Gasteiger partial charge is 0.410 e. The topological polar surface area (TPSA) is 91.3 Å². The molecule has 2 saturated heterocycles. The maximum Gasteiger partial charge on any atom is 0.410 e. The average Bonchev–Trinajstić information content (AvgIpc) is 3.02. The van der Waals surface area contributed by atoms with E-state index in [1.807, 2.05) is 0 Å². The summed E-state index contributed by atoms with van der Waals surface area (Å²) in [4.78, 5) is 28.1. The summed E-state index contributed by atoms with van der Waals surface area (Å²) < 4.78 is 10.4. The Labute approximate surface area is 152 Å². The molecule has 2 aliphatic heterocycles. The Bertz CT molecular complexity index is 616. The zero-order valence-corrected chi connectivity index (χ0v) is 14.7. The number of carbonyl (C=O) groups is 2. The van der Waals surface area contributed by atoms with Gasteiger partial charge in [-0.15, -0.1) is 0 Å². The number of rotatable bonds is 7. The number of amides is 2. The van der Waals surface area contributed by atoms with Gasteiger partial charge in [0.05, 0.1) is 19.8 Å². The highest BCUT2D eigenvalue weighted by molar-refractivity contribution is 5.87. The van der Waals surface area contributed by atoms with Gasteiger partial charge in [-0.2, -0.15) is 0 Å². The highest BCUT2D eigenvalue weighted by atomic mass is 16.6. The quantitative estimate of drug-likeness (QED) is 0.688. The average molecular weight is 363 g/mol. The van der Waals surface area contributed by atoms with Crippen LogP contribution in [0.5, 0.6) is 5.75 Å². The Kier molecular flexibility index (Phi) is 6.30. The normalized spacial score (nSPS) is 20.8. The van der Waals surface area contributed by atoms with Crippen molar-refractivity contribution >= 4 is 12.0 Å². The van der Waals surface area contributed by atoms with E-state index in [2.05, 4.69) is 10.2 Å². The summed E-state index contributed by atoms with van der Waals surface area (Å²) in [7, 11) is 0. The highest BCUT2D eigenvalue weighted by Crippen LogP contribution is 2.18. The Morgan fingerprint density at radius 3 is 2.69 bits per heavy atom. The lowest BCUT2D eigenvalue weighted by molar-refractivity contribution is -0.125. The van der Waals surface area contributed by atoms with Crippen molar-refractivity contribution in [2.75, 3.05) is 46.0 Å². The van der Waals surface area contributed by atoms with Crippen LogP contribution in [0.25, 0.3) is 0 Å². The minimum Gasteiger partial charge on any atom is -0.508 e. The fourth-order valence-corrected chi connectivity index (χ4v) is 3.10. The summed E-state index contributed by atoms with van der Waals surface area (Å²) in [5.74, 6) is -0.0380. The predicted molar refractivity (Wildman–Crippen MR) is 93.7 cm³/mol. The number of ether oxygens (including phenoxy) is 2. The second-order valence-electron chi connectivity index (χ2n) is 6.49. The standard InChI is InChI=1S/C18H25N3O5/c22-15-4-2-14(3-5-15)12-21-16(13-26-18(21)24)17(23)19-6-1-7-20-8-10-25-11-9-20/h2-5,16,22H,1,6-13H2,(H,19,23)/t16-/m0/s1. The molecule has 0 aromatic heterocycles. The van der Waals surface area contributed by atoms with Crippen molar-refractivity contribution in [3.8, 4) is 5.75 Å². The molecule has 26 heavy (non-hydrogen) atoms. The van der Waals surface area contributed by atoms with E-state index in [1.54, 1.807) is 24.3 Å². The summed E-state index contributed by atoms with van der Waals surface area (Å²) in [6, 6.07) is 5.92. The van der Waals surface area contributed by atoms with Gasteiger partial charge in [0.1, 0.15) is 18.4 Å². The number of carbonyl (C=O) groups excluding carboxylic acids is 2. The van der Waals surface area contributed by atoms with E-state index in [1.165, 1.54) is 4.90 Å². The van der Waals surface area contributed by atoms with E-state index in [0.717, 1.165) is 44.8 Å².